The molecule has 0 aliphatic heterocycles. The first-order chi connectivity index (χ1) is 9.15. The number of nitrogens with two attached hydrogens (primary N) is 1. The van der Waals surface area contributed by atoms with Crippen LogP contribution in [0.3, 0.4) is 0 Å². The van der Waals surface area contributed by atoms with Crippen LogP contribution in [0.15, 0.2) is 35.4 Å². The molecule has 1 heterocycles. The summed E-state index contributed by atoms with van der Waals surface area (Å²) >= 11 is 3.12. The summed E-state index contributed by atoms with van der Waals surface area (Å²) in [5.74, 6) is -0.0175. The summed E-state index contributed by atoms with van der Waals surface area (Å²) in [6.07, 6.45) is 1.88. The zero-order valence-corrected chi connectivity index (χ0v) is 12.2. The van der Waals surface area contributed by atoms with Gasteiger partial charge in [-0.05, 0) is 19.1 Å². The highest BCUT2D eigenvalue weighted by Crippen LogP contribution is 2.27. The van der Waals surface area contributed by atoms with Crippen molar-refractivity contribution in [2.75, 3.05) is 11.1 Å². The Labute approximate surface area is 120 Å². The molecule has 0 spiro atoms. The Kier molecular flexibility index (Phi) is 4.81. The van der Waals surface area contributed by atoms with Crippen molar-refractivity contribution < 1.29 is 4.79 Å². The molecule has 2 aromatic rings. The van der Waals surface area contributed by atoms with Crippen LogP contribution in [0.1, 0.15) is 9.88 Å². The van der Waals surface area contributed by atoms with Crippen molar-refractivity contribution in [2.45, 2.75) is 18.4 Å². The first kappa shape index (κ1) is 13.9. The Balaban J connectivity index is 2.01. The molecule has 0 aliphatic carbocycles. The van der Waals surface area contributed by atoms with Gasteiger partial charge in [0, 0.05) is 21.7 Å². The molecule has 0 atom stereocenters. The van der Waals surface area contributed by atoms with E-state index < -0.39 is 0 Å². The van der Waals surface area contributed by atoms with Gasteiger partial charge in [-0.15, -0.1) is 23.1 Å². The summed E-state index contributed by atoms with van der Waals surface area (Å²) in [4.78, 5) is 17.3. The van der Waals surface area contributed by atoms with Crippen LogP contribution in [-0.2, 0) is 11.3 Å². The summed E-state index contributed by atoms with van der Waals surface area (Å²) in [7, 11) is 0. The molecule has 0 unspecified atom stereocenters. The third-order valence-corrected chi connectivity index (χ3v) is 4.39. The van der Waals surface area contributed by atoms with Gasteiger partial charge in [-0.1, -0.05) is 12.1 Å². The molecule has 0 saturated heterocycles. The van der Waals surface area contributed by atoms with Gasteiger partial charge >= 0.3 is 0 Å². The number of nitrogens with one attached hydrogen (secondary N) is 1. The van der Waals surface area contributed by atoms with Crippen LogP contribution in [0.2, 0.25) is 0 Å². The van der Waals surface area contributed by atoms with Crippen molar-refractivity contribution in [1.29, 1.82) is 0 Å². The van der Waals surface area contributed by atoms with Crippen LogP contribution in [0.4, 0.5) is 5.69 Å². The van der Waals surface area contributed by atoms with Crippen LogP contribution in [0.5, 0.6) is 0 Å². The second-order valence-electron chi connectivity index (χ2n) is 3.95. The van der Waals surface area contributed by atoms with E-state index in [4.69, 9.17) is 5.73 Å². The Morgan fingerprint density at radius 1 is 1.47 bits per heavy atom. The van der Waals surface area contributed by atoms with Crippen molar-refractivity contribution in [2.24, 2.45) is 5.73 Å². The summed E-state index contributed by atoms with van der Waals surface area (Å²) in [5.41, 5.74) is 6.19. The van der Waals surface area contributed by atoms with Crippen LogP contribution < -0.4 is 11.1 Å². The lowest BCUT2D eigenvalue weighted by Gasteiger charge is -2.10. The zero-order chi connectivity index (χ0) is 13.7. The summed E-state index contributed by atoms with van der Waals surface area (Å²) in [5, 5.41) is 4.43. The Morgan fingerprint density at radius 2 is 2.26 bits per heavy atom. The first-order valence-electron chi connectivity index (χ1n) is 5.80. The maximum Gasteiger partial charge on any atom is 0.227 e. The third kappa shape index (κ3) is 4.25. The van der Waals surface area contributed by atoms with Gasteiger partial charge in [0.05, 0.1) is 17.3 Å². The van der Waals surface area contributed by atoms with Crippen LogP contribution in [0.25, 0.3) is 0 Å². The average Bonchev–Trinajstić information content (AvgIpc) is 2.80. The number of thioether (sulfide) groups is 1. The predicted molar refractivity (Wildman–Crippen MR) is 80.5 cm³/mol. The fourth-order valence-electron chi connectivity index (χ4n) is 1.56. The first-order valence-corrected chi connectivity index (χ1v) is 7.60. The predicted octanol–water partition coefficient (Wildman–Crippen LogP) is 2.64. The molecule has 1 aromatic carbocycles. The lowest BCUT2D eigenvalue weighted by atomic mass is 10.3. The minimum Gasteiger partial charge on any atom is -0.379 e. The third-order valence-electron chi connectivity index (χ3n) is 2.38. The maximum absolute atomic E-state index is 10.8. The number of amides is 1. The second kappa shape index (κ2) is 6.58. The molecule has 0 bridgehead atoms. The number of aryl methyl sites for hydroxylation is 1. The number of para-hydroxylation sites is 1. The monoisotopic (exact) mass is 293 g/mol. The normalized spacial score (nSPS) is 10.4. The van der Waals surface area contributed by atoms with E-state index in [-0.39, 0.29) is 5.91 Å². The van der Waals surface area contributed by atoms with Gasteiger partial charge in [-0.25, -0.2) is 4.98 Å². The minimum absolute atomic E-state index is 0.290. The molecule has 2 rings (SSSR count). The quantitative estimate of drug-likeness (QED) is 0.803. The molecular weight excluding hydrogens is 278 g/mol. The fraction of sp³-hybridized carbons (Fsp3) is 0.231. The lowest BCUT2D eigenvalue weighted by Crippen LogP contribution is -2.13. The Bertz CT molecular complexity index is 569. The highest BCUT2D eigenvalue weighted by atomic mass is 32.2. The van der Waals surface area contributed by atoms with E-state index in [0.29, 0.717) is 5.75 Å². The van der Waals surface area contributed by atoms with E-state index in [2.05, 4.69) is 10.3 Å². The number of primary amides is 1. The number of carbonyl (C=O) groups is 1. The molecule has 0 radical (unpaired) electrons. The number of carbonyl (C=O) groups excluding carboxylic acids is 1. The minimum atomic E-state index is -0.308. The highest BCUT2D eigenvalue weighted by Gasteiger charge is 2.05. The SMILES string of the molecule is Cc1ncc(CNc2ccccc2SCC(N)=O)s1. The average molecular weight is 293 g/mol. The van der Waals surface area contributed by atoms with Crippen LogP contribution >= 0.6 is 23.1 Å². The largest absolute Gasteiger partial charge is 0.379 e. The van der Waals surface area contributed by atoms with Gasteiger partial charge in [-0.2, -0.15) is 0 Å². The van der Waals surface area contributed by atoms with Gasteiger partial charge in [-0.3, -0.25) is 4.79 Å². The molecule has 6 heteroatoms. The van der Waals surface area contributed by atoms with Gasteiger partial charge < -0.3 is 11.1 Å². The molecule has 4 nitrogen and oxygen atoms in total. The molecule has 19 heavy (non-hydrogen) atoms. The second-order valence-corrected chi connectivity index (χ2v) is 6.29. The van der Waals surface area contributed by atoms with E-state index in [0.717, 1.165) is 22.1 Å². The number of hydrogen-bond donors (Lipinski definition) is 2. The standard InChI is InChI=1S/C13H15N3OS2/c1-9-15-6-10(19-9)7-16-11-4-2-3-5-12(11)18-8-13(14)17/h2-6,16H,7-8H2,1H3,(H2,14,17). The molecule has 1 aromatic heterocycles. The molecular formula is C13H15N3OS2. The number of rotatable bonds is 6. The van der Waals surface area contributed by atoms with E-state index in [9.17, 15) is 4.79 Å². The smallest absolute Gasteiger partial charge is 0.227 e. The number of benzene rings is 1. The van der Waals surface area contributed by atoms with Crippen molar-refractivity contribution in [1.82, 2.24) is 4.98 Å². The topological polar surface area (TPSA) is 68.0 Å². The molecule has 0 aliphatic rings. The highest BCUT2D eigenvalue weighted by molar-refractivity contribution is 8.00. The number of aromatic nitrogens is 1. The van der Waals surface area contributed by atoms with Crippen molar-refractivity contribution in [3.8, 4) is 0 Å². The zero-order valence-electron chi connectivity index (χ0n) is 10.6. The summed E-state index contributed by atoms with van der Waals surface area (Å²) in [6.45, 7) is 2.73. The number of thiazole rings is 1. The summed E-state index contributed by atoms with van der Waals surface area (Å²) in [6, 6.07) is 7.89. The van der Waals surface area contributed by atoms with Crippen molar-refractivity contribution >= 4 is 34.7 Å². The van der Waals surface area contributed by atoms with E-state index in [1.807, 2.05) is 37.4 Å². The Hall–Kier alpha value is -1.53. The maximum atomic E-state index is 10.8. The molecule has 0 fully saturated rings. The van der Waals surface area contributed by atoms with E-state index >= 15 is 0 Å². The van der Waals surface area contributed by atoms with Crippen molar-refractivity contribution in [3.63, 3.8) is 0 Å². The molecule has 1 amide bonds. The lowest BCUT2D eigenvalue weighted by molar-refractivity contribution is -0.115. The summed E-state index contributed by atoms with van der Waals surface area (Å²) < 4.78 is 0. The van der Waals surface area contributed by atoms with Crippen LogP contribution in [0, 0.1) is 6.92 Å². The molecule has 3 N–H and O–H groups in total. The van der Waals surface area contributed by atoms with Gasteiger partial charge in [0.1, 0.15) is 0 Å². The Morgan fingerprint density at radius 3 is 2.95 bits per heavy atom. The molecule has 100 valence electrons. The molecule has 0 saturated carbocycles. The van der Waals surface area contributed by atoms with Gasteiger partial charge in [0.15, 0.2) is 0 Å². The number of hydrogen-bond acceptors (Lipinski definition) is 5. The van der Waals surface area contributed by atoms with E-state index in [1.54, 1.807) is 11.3 Å². The van der Waals surface area contributed by atoms with Gasteiger partial charge in [0.2, 0.25) is 5.91 Å². The van der Waals surface area contributed by atoms with Crippen molar-refractivity contribution in [3.05, 3.63) is 40.3 Å². The van der Waals surface area contributed by atoms with Crippen LogP contribution in [-0.4, -0.2) is 16.6 Å². The fourth-order valence-corrected chi connectivity index (χ4v) is 3.06. The van der Waals surface area contributed by atoms with Gasteiger partial charge in [0.25, 0.3) is 0 Å². The number of nitrogens with zero attached hydrogens (tertiary/aromatic N) is 1. The number of anilines is 1. The van der Waals surface area contributed by atoms with E-state index in [1.165, 1.54) is 16.6 Å².